The van der Waals surface area contributed by atoms with Crippen LogP contribution in [0.4, 0.5) is 9.52 Å². The molecule has 2 heterocycles. The van der Waals surface area contributed by atoms with E-state index in [1.807, 2.05) is 0 Å². The molecular weight excluding hydrogens is 387 g/mol. The summed E-state index contributed by atoms with van der Waals surface area (Å²) in [5.41, 5.74) is 0.656. The van der Waals surface area contributed by atoms with E-state index < -0.39 is 17.4 Å². The number of esters is 1. The number of carbonyl (C=O) groups is 2. The Morgan fingerprint density at radius 1 is 1.21 bits per heavy atom. The van der Waals surface area contributed by atoms with Gasteiger partial charge < -0.3 is 10.1 Å². The number of nitrogens with one attached hydrogen (secondary N) is 1. The molecule has 0 atom stereocenters. The van der Waals surface area contributed by atoms with E-state index in [1.54, 1.807) is 6.92 Å². The summed E-state index contributed by atoms with van der Waals surface area (Å²) in [7, 11) is 0. The number of anilines is 1. The van der Waals surface area contributed by atoms with Gasteiger partial charge in [-0.25, -0.2) is 18.9 Å². The van der Waals surface area contributed by atoms with Crippen molar-refractivity contribution in [3.63, 3.8) is 0 Å². The van der Waals surface area contributed by atoms with Gasteiger partial charge in [-0.15, -0.1) is 11.3 Å². The first-order chi connectivity index (χ1) is 13.5. The zero-order valence-corrected chi connectivity index (χ0v) is 15.5. The van der Waals surface area contributed by atoms with Gasteiger partial charge in [0, 0.05) is 17.0 Å². The molecule has 2 aromatic heterocycles. The Kier molecular flexibility index (Phi) is 5.90. The molecule has 1 N–H and O–H groups in total. The fourth-order valence-electron chi connectivity index (χ4n) is 2.26. The second-order valence-electron chi connectivity index (χ2n) is 5.53. The molecule has 0 aliphatic heterocycles. The Hall–Kier alpha value is -3.40. The first kappa shape index (κ1) is 19.4. The van der Waals surface area contributed by atoms with Crippen molar-refractivity contribution in [3.05, 3.63) is 63.6 Å². The van der Waals surface area contributed by atoms with E-state index in [9.17, 15) is 18.8 Å². The standard InChI is InChI=1S/C18H15FN4O4S/c1-2-27-17(26)14-10-28-18(20-14)21-15(24)9-23-16(25)8-7-13(22-23)11-3-5-12(19)6-4-11/h3-8,10H,2,9H2,1H3,(H,20,21,24). The fourth-order valence-corrected chi connectivity index (χ4v) is 2.96. The topological polar surface area (TPSA) is 103 Å². The molecule has 0 saturated carbocycles. The summed E-state index contributed by atoms with van der Waals surface area (Å²) in [5, 5.41) is 8.32. The third-order valence-corrected chi connectivity index (χ3v) is 4.29. The highest BCUT2D eigenvalue weighted by Crippen LogP contribution is 2.17. The van der Waals surface area contributed by atoms with E-state index in [0.717, 1.165) is 16.0 Å². The SMILES string of the molecule is CCOC(=O)c1csc(NC(=O)Cn2nc(-c3ccc(F)cc3)ccc2=O)n1. The first-order valence-corrected chi connectivity index (χ1v) is 9.11. The van der Waals surface area contributed by atoms with Crippen LogP contribution in [0.3, 0.4) is 0 Å². The van der Waals surface area contributed by atoms with E-state index >= 15 is 0 Å². The zero-order chi connectivity index (χ0) is 20.1. The highest BCUT2D eigenvalue weighted by atomic mass is 32.1. The quantitative estimate of drug-likeness (QED) is 0.635. The van der Waals surface area contributed by atoms with Crippen LogP contribution in [0.5, 0.6) is 0 Å². The van der Waals surface area contributed by atoms with Gasteiger partial charge in [0.1, 0.15) is 12.4 Å². The molecule has 1 aromatic carbocycles. The third-order valence-electron chi connectivity index (χ3n) is 3.54. The Bertz CT molecular complexity index is 1060. The minimum absolute atomic E-state index is 0.0933. The van der Waals surface area contributed by atoms with Crippen LogP contribution in [0.2, 0.25) is 0 Å². The van der Waals surface area contributed by atoms with Crippen LogP contribution >= 0.6 is 11.3 Å². The predicted molar refractivity (Wildman–Crippen MR) is 101 cm³/mol. The van der Waals surface area contributed by atoms with Crippen molar-refractivity contribution in [1.82, 2.24) is 14.8 Å². The van der Waals surface area contributed by atoms with Crippen molar-refractivity contribution in [2.24, 2.45) is 0 Å². The lowest BCUT2D eigenvalue weighted by Crippen LogP contribution is -2.29. The molecule has 1 amide bonds. The molecule has 0 saturated heterocycles. The lowest BCUT2D eigenvalue weighted by atomic mass is 10.1. The van der Waals surface area contributed by atoms with Gasteiger partial charge in [0.2, 0.25) is 5.91 Å². The summed E-state index contributed by atoms with van der Waals surface area (Å²) in [4.78, 5) is 39.8. The van der Waals surface area contributed by atoms with Crippen molar-refractivity contribution in [1.29, 1.82) is 0 Å². The number of nitrogens with zero attached hydrogens (tertiary/aromatic N) is 3. The fraction of sp³-hybridized carbons (Fsp3) is 0.167. The van der Waals surface area contributed by atoms with Gasteiger partial charge in [-0.05, 0) is 37.3 Å². The lowest BCUT2D eigenvalue weighted by Gasteiger charge is -2.07. The number of aromatic nitrogens is 3. The number of halogens is 1. The second kappa shape index (κ2) is 8.53. The van der Waals surface area contributed by atoms with Crippen molar-refractivity contribution >= 4 is 28.3 Å². The average Bonchev–Trinajstić information content (AvgIpc) is 3.13. The Morgan fingerprint density at radius 2 is 1.96 bits per heavy atom. The van der Waals surface area contributed by atoms with Gasteiger partial charge >= 0.3 is 5.97 Å². The van der Waals surface area contributed by atoms with E-state index in [2.05, 4.69) is 15.4 Å². The number of amides is 1. The molecule has 0 fully saturated rings. The number of ether oxygens (including phenoxy) is 1. The van der Waals surface area contributed by atoms with Crippen LogP contribution in [-0.2, 0) is 16.1 Å². The molecule has 0 aliphatic rings. The van der Waals surface area contributed by atoms with Gasteiger partial charge in [0.05, 0.1) is 12.3 Å². The Labute approximate surface area is 162 Å². The number of hydrogen-bond acceptors (Lipinski definition) is 7. The second-order valence-corrected chi connectivity index (χ2v) is 6.39. The number of hydrogen-bond donors (Lipinski definition) is 1. The van der Waals surface area contributed by atoms with Crippen LogP contribution in [0.1, 0.15) is 17.4 Å². The molecule has 8 nitrogen and oxygen atoms in total. The molecule has 144 valence electrons. The van der Waals surface area contributed by atoms with Gasteiger partial charge in [-0.3, -0.25) is 9.59 Å². The molecule has 0 spiro atoms. The first-order valence-electron chi connectivity index (χ1n) is 8.23. The molecule has 0 bridgehead atoms. The van der Waals surface area contributed by atoms with Crippen molar-refractivity contribution in [3.8, 4) is 11.3 Å². The maximum atomic E-state index is 13.1. The van der Waals surface area contributed by atoms with Gasteiger partial charge in [-0.1, -0.05) is 0 Å². The molecule has 3 aromatic rings. The highest BCUT2D eigenvalue weighted by Gasteiger charge is 2.14. The number of carbonyl (C=O) groups excluding carboxylic acids is 2. The zero-order valence-electron chi connectivity index (χ0n) is 14.7. The van der Waals surface area contributed by atoms with E-state index in [1.165, 1.54) is 41.8 Å². The molecule has 28 heavy (non-hydrogen) atoms. The van der Waals surface area contributed by atoms with E-state index in [-0.39, 0.29) is 29.8 Å². The smallest absolute Gasteiger partial charge is 0.357 e. The minimum Gasteiger partial charge on any atom is -0.461 e. The van der Waals surface area contributed by atoms with E-state index in [0.29, 0.717) is 11.3 Å². The summed E-state index contributed by atoms with van der Waals surface area (Å²) < 4.78 is 18.9. The van der Waals surface area contributed by atoms with Crippen LogP contribution in [0.25, 0.3) is 11.3 Å². The maximum absolute atomic E-state index is 13.1. The van der Waals surface area contributed by atoms with Gasteiger partial charge in [0.25, 0.3) is 5.56 Å². The van der Waals surface area contributed by atoms with Gasteiger partial charge in [-0.2, -0.15) is 5.10 Å². The van der Waals surface area contributed by atoms with Crippen molar-refractivity contribution in [2.45, 2.75) is 13.5 Å². The average molecular weight is 402 g/mol. The highest BCUT2D eigenvalue weighted by molar-refractivity contribution is 7.14. The maximum Gasteiger partial charge on any atom is 0.357 e. The predicted octanol–water partition coefficient (Wildman–Crippen LogP) is 2.32. The number of thiazole rings is 1. The summed E-state index contributed by atoms with van der Waals surface area (Å²) in [6.07, 6.45) is 0. The van der Waals surface area contributed by atoms with Crippen LogP contribution in [0, 0.1) is 5.82 Å². The number of rotatable bonds is 6. The summed E-state index contributed by atoms with van der Waals surface area (Å²) >= 11 is 1.06. The van der Waals surface area contributed by atoms with Crippen molar-refractivity contribution < 1.29 is 18.7 Å². The monoisotopic (exact) mass is 402 g/mol. The molecular formula is C18H15FN4O4S. The van der Waals surface area contributed by atoms with Crippen LogP contribution in [0.15, 0.2) is 46.6 Å². The van der Waals surface area contributed by atoms with E-state index in [4.69, 9.17) is 4.74 Å². The number of benzene rings is 1. The minimum atomic E-state index is -0.580. The largest absolute Gasteiger partial charge is 0.461 e. The van der Waals surface area contributed by atoms with Crippen LogP contribution < -0.4 is 10.9 Å². The van der Waals surface area contributed by atoms with Gasteiger partial charge in [0.15, 0.2) is 10.8 Å². The molecule has 0 aliphatic carbocycles. The lowest BCUT2D eigenvalue weighted by molar-refractivity contribution is -0.117. The normalized spacial score (nSPS) is 10.5. The molecule has 0 unspecified atom stereocenters. The summed E-state index contributed by atoms with van der Waals surface area (Å²) in [5.74, 6) is -1.50. The third kappa shape index (κ3) is 4.65. The Morgan fingerprint density at radius 3 is 2.68 bits per heavy atom. The summed E-state index contributed by atoms with van der Waals surface area (Å²) in [6.45, 7) is 1.55. The van der Waals surface area contributed by atoms with Crippen molar-refractivity contribution in [2.75, 3.05) is 11.9 Å². The Balaban J connectivity index is 1.72. The van der Waals surface area contributed by atoms with Crippen LogP contribution in [-0.4, -0.2) is 33.2 Å². The molecule has 10 heteroatoms. The summed E-state index contributed by atoms with van der Waals surface area (Å²) in [6, 6.07) is 8.39. The molecule has 3 rings (SSSR count). The molecule has 0 radical (unpaired) electrons.